The van der Waals surface area contributed by atoms with E-state index < -0.39 is 78.2 Å². The van der Waals surface area contributed by atoms with Gasteiger partial charge in [-0.1, -0.05) is 52.9 Å². The molecule has 3 fully saturated rings. The summed E-state index contributed by atoms with van der Waals surface area (Å²) in [6, 6.07) is -5.67. The molecule has 0 radical (unpaired) electrons. The molecule has 0 unspecified atom stereocenters. The van der Waals surface area contributed by atoms with E-state index in [4.69, 9.17) is 0 Å². The van der Waals surface area contributed by atoms with E-state index in [0.717, 1.165) is 19.3 Å². The Kier molecular flexibility index (Phi) is 16.6. The smallest absolute Gasteiger partial charge is 0.305 e. The van der Waals surface area contributed by atoms with Gasteiger partial charge in [0.15, 0.2) is 0 Å². The lowest BCUT2D eigenvalue weighted by Crippen LogP contribution is -2.61. The van der Waals surface area contributed by atoms with E-state index in [-0.39, 0.29) is 31.3 Å². The predicted molar refractivity (Wildman–Crippen MR) is 188 cm³/mol. The Hall–Kier alpha value is -3.75. The largest absolute Gasteiger partial charge is 0.481 e. The average molecular weight is 721 g/mol. The quantitative estimate of drug-likeness (QED) is 0.127. The summed E-state index contributed by atoms with van der Waals surface area (Å²) in [7, 11) is 0. The Morgan fingerprint density at radius 2 is 1.31 bits per heavy atom. The molecular formula is C36H60N6O9. The van der Waals surface area contributed by atoms with Crippen molar-refractivity contribution in [2.75, 3.05) is 19.6 Å². The number of carbonyl (C=O) groups is 7. The number of carbonyl (C=O) groups excluding carboxylic acids is 6. The van der Waals surface area contributed by atoms with Gasteiger partial charge in [0.25, 0.3) is 0 Å². The molecule has 0 aromatic heterocycles. The highest BCUT2D eigenvalue weighted by Gasteiger charge is 2.42. The van der Waals surface area contributed by atoms with Gasteiger partial charge in [-0.2, -0.15) is 0 Å². The van der Waals surface area contributed by atoms with Crippen LogP contribution >= 0.6 is 0 Å². The van der Waals surface area contributed by atoms with Crippen molar-refractivity contribution >= 4 is 41.4 Å². The first-order valence-electron chi connectivity index (χ1n) is 18.9. The minimum atomic E-state index is -1.52. The summed E-state index contributed by atoms with van der Waals surface area (Å²) in [5.74, 6) is -4.40. The van der Waals surface area contributed by atoms with Gasteiger partial charge >= 0.3 is 5.97 Å². The molecule has 0 aromatic carbocycles. The molecule has 288 valence electrons. The monoisotopic (exact) mass is 720 g/mol. The van der Waals surface area contributed by atoms with E-state index in [9.17, 15) is 43.8 Å². The zero-order valence-electron chi connectivity index (χ0n) is 30.8. The molecule has 3 aliphatic rings. The molecule has 15 nitrogen and oxygen atoms in total. The Morgan fingerprint density at radius 1 is 0.725 bits per heavy atom. The molecule has 2 saturated heterocycles. The molecule has 2 aliphatic heterocycles. The van der Waals surface area contributed by atoms with E-state index in [0.29, 0.717) is 51.0 Å². The number of aliphatic carboxylic acids is 1. The first kappa shape index (κ1) is 41.7. The van der Waals surface area contributed by atoms with Crippen molar-refractivity contribution in [2.45, 2.75) is 154 Å². The van der Waals surface area contributed by atoms with E-state index in [1.165, 1.54) is 36.0 Å². The van der Waals surface area contributed by atoms with Crippen molar-refractivity contribution in [2.24, 2.45) is 11.8 Å². The van der Waals surface area contributed by atoms with Crippen LogP contribution in [0.25, 0.3) is 0 Å². The second-order valence-corrected chi connectivity index (χ2v) is 14.7. The summed E-state index contributed by atoms with van der Waals surface area (Å²) in [6.45, 7) is 7.61. The van der Waals surface area contributed by atoms with Gasteiger partial charge in [0.2, 0.25) is 35.4 Å². The maximum Gasteiger partial charge on any atom is 0.305 e. The average Bonchev–Trinajstić information content (AvgIpc) is 3.60. The maximum absolute atomic E-state index is 13.9. The second-order valence-electron chi connectivity index (χ2n) is 14.7. The molecule has 51 heavy (non-hydrogen) atoms. The van der Waals surface area contributed by atoms with E-state index in [1.807, 2.05) is 20.8 Å². The van der Waals surface area contributed by atoms with Crippen molar-refractivity contribution in [1.29, 1.82) is 0 Å². The minimum absolute atomic E-state index is 0.120. The number of nitrogens with zero attached hydrogens (tertiary/aromatic N) is 2. The van der Waals surface area contributed by atoms with Gasteiger partial charge in [0.1, 0.15) is 30.2 Å². The normalized spacial score (nSPS) is 22.0. The van der Waals surface area contributed by atoms with Gasteiger partial charge in [-0.3, -0.25) is 33.6 Å². The fraction of sp³-hybridized carbons (Fsp3) is 0.806. The molecule has 15 heteroatoms. The predicted octanol–water partition coefficient (Wildman–Crippen LogP) is 1.21. The zero-order valence-corrected chi connectivity index (χ0v) is 30.8. The Morgan fingerprint density at radius 3 is 1.92 bits per heavy atom. The number of amides is 6. The van der Waals surface area contributed by atoms with Crippen molar-refractivity contribution in [1.82, 2.24) is 31.1 Å². The summed E-state index contributed by atoms with van der Waals surface area (Å²) in [5.41, 5.74) is 0. The molecule has 6 N–H and O–H groups in total. The lowest BCUT2D eigenvalue weighted by atomic mass is 9.86. The second kappa shape index (κ2) is 20.3. The Bertz CT molecular complexity index is 1240. The SMILES string of the molecule is CCCNC(=O)[C@@H](NC(=O)[C@@H]1CCCN1C(=O)[C@H](CC(=O)O)NC(=O)[C@@H]1CCCCN1C(=O)[C@@H](NC(=O)CCC1CCCCC1)C(C)C)[C@@H](C)O. The van der Waals surface area contributed by atoms with E-state index in [2.05, 4.69) is 21.3 Å². The number of nitrogens with one attached hydrogen (secondary N) is 4. The summed E-state index contributed by atoms with van der Waals surface area (Å²) in [4.78, 5) is 95.0. The summed E-state index contributed by atoms with van der Waals surface area (Å²) in [5, 5.41) is 30.5. The lowest BCUT2D eigenvalue weighted by Gasteiger charge is -2.38. The number of carboxylic acid groups (broad SMARTS) is 1. The minimum Gasteiger partial charge on any atom is -0.481 e. The van der Waals surface area contributed by atoms with Gasteiger partial charge in [-0.05, 0) is 63.7 Å². The van der Waals surface area contributed by atoms with Crippen LogP contribution in [0.2, 0.25) is 0 Å². The van der Waals surface area contributed by atoms with Crippen molar-refractivity contribution in [3.63, 3.8) is 0 Å². The molecule has 2 heterocycles. The van der Waals surface area contributed by atoms with Crippen LogP contribution in [0.1, 0.15) is 118 Å². The molecule has 1 saturated carbocycles. The Labute approximate surface area is 301 Å². The third-order valence-electron chi connectivity index (χ3n) is 10.3. The zero-order chi connectivity index (χ0) is 37.7. The van der Waals surface area contributed by atoms with Crippen LogP contribution in [0.15, 0.2) is 0 Å². The number of piperidine rings is 1. The van der Waals surface area contributed by atoms with Crippen LogP contribution in [0.4, 0.5) is 0 Å². The molecule has 0 aromatic rings. The number of aliphatic hydroxyl groups is 1. The van der Waals surface area contributed by atoms with Gasteiger partial charge in [0, 0.05) is 26.1 Å². The number of carboxylic acids is 1. The number of aliphatic hydroxyl groups excluding tert-OH is 1. The lowest BCUT2D eigenvalue weighted by molar-refractivity contribution is -0.149. The fourth-order valence-electron chi connectivity index (χ4n) is 7.38. The van der Waals surface area contributed by atoms with Crippen molar-refractivity contribution in [3.05, 3.63) is 0 Å². The van der Waals surface area contributed by atoms with Crippen LogP contribution in [-0.4, -0.2) is 117 Å². The van der Waals surface area contributed by atoms with Crippen molar-refractivity contribution < 1.29 is 43.8 Å². The summed E-state index contributed by atoms with van der Waals surface area (Å²) < 4.78 is 0. The third-order valence-corrected chi connectivity index (χ3v) is 10.3. The fourth-order valence-corrected chi connectivity index (χ4v) is 7.38. The molecular weight excluding hydrogens is 660 g/mol. The highest BCUT2D eigenvalue weighted by molar-refractivity contribution is 5.98. The molecule has 3 rings (SSSR count). The molecule has 6 amide bonds. The molecule has 1 aliphatic carbocycles. The summed E-state index contributed by atoms with van der Waals surface area (Å²) >= 11 is 0. The van der Waals surface area contributed by atoms with Gasteiger partial charge in [-0.15, -0.1) is 0 Å². The highest BCUT2D eigenvalue weighted by Crippen LogP contribution is 2.27. The molecule has 0 bridgehead atoms. The topological polar surface area (TPSA) is 215 Å². The van der Waals surface area contributed by atoms with Gasteiger partial charge in [0.05, 0.1) is 12.5 Å². The third kappa shape index (κ3) is 12.2. The molecule has 0 spiro atoms. The summed E-state index contributed by atoms with van der Waals surface area (Å²) in [6.07, 6.45) is 7.80. The maximum atomic E-state index is 13.9. The Balaban J connectivity index is 1.71. The van der Waals surface area contributed by atoms with Gasteiger partial charge < -0.3 is 41.3 Å². The van der Waals surface area contributed by atoms with Crippen LogP contribution in [0, 0.1) is 11.8 Å². The standard InChI is InChI=1S/C36H60N6O9/c1-5-18-37-34(49)31(23(4)43)40-33(48)27-15-11-20-41(27)35(50)25(21-29(45)46)38-32(47)26-14-9-10-19-42(26)36(51)30(22(2)3)39-28(44)17-16-24-12-7-6-8-13-24/h22-27,30-31,43H,5-21H2,1-4H3,(H,37,49)(H,38,47)(H,39,44)(H,40,48)(H,45,46)/t23-,25+,26+,27+,30+,31+/m1/s1. The van der Waals surface area contributed by atoms with Crippen LogP contribution in [0.3, 0.4) is 0 Å². The van der Waals surface area contributed by atoms with Crippen LogP contribution in [0.5, 0.6) is 0 Å². The molecule has 6 atom stereocenters. The highest BCUT2D eigenvalue weighted by atomic mass is 16.4. The number of likely N-dealkylation sites (tertiary alicyclic amines) is 2. The number of hydrogen-bond donors (Lipinski definition) is 6. The van der Waals surface area contributed by atoms with E-state index in [1.54, 1.807) is 0 Å². The van der Waals surface area contributed by atoms with E-state index >= 15 is 0 Å². The van der Waals surface area contributed by atoms with Crippen molar-refractivity contribution in [3.8, 4) is 0 Å². The number of rotatable bonds is 17. The first-order valence-corrected chi connectivity index (χ1v) is 18.9. The first-order chi connectivity index (χ1) is 24.2. The van der Waals surface area contributed by atoms with Gasteiger partial charge in [-0.25, -0.2) is 0 Å². The van der Waals surface area contributed by atoms with Crippen LogP contribution in [-0.2, 0) is 33.6 Å². The number of hydrogen-bond acceptors (Lipinski definition) is 8. The van der Waals surface area contributed by atoms with Crippen LogP contribution < -0.4 is 21.3 Å².